The molecule has 25 heavy (non-hydrogen) atoms. The number of anilines is 1. The van der Waals surface area contributed by atoms with Crippen molar-refractivity contribution in [1.82, 2.24) is 10.6 Å². The predicted octanol–water partition coefficient (Wildman–Crippen LogP) is 3.62. The summed E-state index contributed by atoms with van der Waals surface area (Å²) in [6.45, 7) is 3.56. The van der Waals surface area contributed by atoms with E-state index >= 15 is 0 Å². The molecule has 1 aromatic carbocycles. The average Bonchev–Trinajstić information content (AvgIpc) is 2.58. The molecule has 0 bridgehead atoms. The fourth-order valence-electron chi connectivity index (χ4n) is 2.93. The zero-order valence-corrected chi connectivity index (χ0v) is 15.7. The van der Waals surface area contributed by atoms with Crippen LogP contribution in [0.25, 0.3) is 0 Å². The topological polar surface area (TPSA) is 79.5 Å². The number of methoxy groups -OCH3 is 1. The Morgan fingerprint density at radius 3 is 2.56 bits per heavy atom. The molecule has 0 heterocycles. The maximum absolute atomic E-state index is 12.2. The average molecular weight is 368 g/mol. The summed E-state index contributed by atoms with van der Waals surface area (Å²) in [5, 5.41) is 8.91. The Balaban J connectivity index is 1.91. The second kappa shape index (κ2) is 8.94. The minimum absolute atomic E-state index is 0.156. The van der Waals surface area contributed by atoms with Crippen molar-refractivity contribution in [3.8, 4) is 5.75 Å². The number of rotatable bonds is 5. The Kier molecular flexibility index (Phi) is 6.93. The molecular weight excluding hydrogens is 342 g/mol. The van der Waals surface area contributed by atoms with E-state index in [1.807, 2.05) is 13.0 Å². The van der Waals surface area contributed by atoms with Gasteiger partial charge in [-0.05, 0) is 38.3 Å². The Bertz CT molecular complexity index is 630. The number of amides is 3. The summed E-state index contributed by atoms with van der Waals surface area (Å²) in [6.07, 6.45) is 5.38. The molecule has 0 radical (unpaired) electrons. The first-order valence-electron chi connectivity index (χ1n) is 8.62. The van der Waals surface area contributed by atoms with Gasteiger partial charge in [0, 0.05) is 17.1 Å². The number of halogens is 1. The maximum Gasteiger partial charge on any atom is 0.321 e. The zero-order valence-electron chi connectivity index (χ0n) is 14.9. The number of nitrogens with one attached hydrogen (secondary N) is 3. The molecule has 1 saturated carbocycles. The quantitative estimate of drug-likeness (QED) is 0.742. The molecule has 1 aliphatic carbocycles. The highest BCUT2D eigenvalue weighted by Gasteiger charge is 2.20. The highest BCUT2D eigenvalue weighted by Crippen LogP contribution is 2.31. The van der Waals surface area contributed by atoms with E-state index in [1.165, 1.54) is 13.5 Å². The molecule has 3 amide bonds. The van der Waals surface area contributed by atoms with Gasteiger partial charge in [-0.15, -0.1) is 0 Å². The van der Waals surface area contributed by atoms with Crippen molar-refractivity contribution in [2.75, 3.05) is 12.4 Å². The SMILES string of the molecule is COc1cc(Cl)c(C)cc1NC(C)C(=O)NC(=O)NC1CCCCC1. The fraction of sp³-hybridized carbons (Fsp3) is 0.556. The molecule has 138 valence electrons. The molecule has 0 saturated heterocycles. The summed E-state index contributed by atoms with van der Waals surface area (Å²) in [5.41, 5.74) is 1.52. The van der Waals surface area contributed by atoms with E-state index in [1.54, 1.807) is 13.0 Å². The van der Waals surface area contributed by atoms with Crippen molar-refractivity contribution < 1.29 is 14.3 Å². The van der Waals surface area contributed by atoms with Crippen molar-refractivity contribution in [3.05, 3.63) is 22.7 Å². The van der Waals surface area contributed by atoms with Gasteiger partial charge in [0.1, 0.15) is 11.8 Å². The van der Waals surface area contributed by atoms with Crippen LogP contribution in [0.15, 0.2) is 12.1 Å². The van der Waals surface area contributed by atoms with E-state index in [4.69, 9.17) is 16.3 Å². The largest absolute Gasteiger partial charge is 0.495 e. The lowest BCUT2D eigenvalue weighted by Crippen LogP contribution is -2.49. The van der Waals surface area contributed by atoms with Crippen molar-refractivity contribution >= 4 is 29.2 Å². The summed E-state index contributed by atoms with van der Waals surface area (Å²) < 4.78 is 5.29. The smallest absolute Gasteiger partial charge is 0.321 e. The molecule has 1 aromatic rings. The van der Waals surface area contributed by atoms with Gasteiger partial charge < -0.3 is 15.4 Å². The van der Waals surface area contributed by atoms with Crippen molar-refractivity contribution in [2.24, 2.45) is 0 Å². The molecule has 1 fully saturated rings. The van der Waals surface area contributed by atoms with Crippen LogP contribution in [-0.2, 0) is 4.79 Å². The molecule has 1 aliphatic rings. The van der Waals surface area contributed by atoms with Crippen LogP contribution in [0.5, 0.6) is 5.75 Å². The third-order valence-corrected chi connectivity index (χ3v) is 4.83. The lowest BCUT2D eigenvalue weighted by Gasteiger charge is -2.23. The number of ether oxygens (including phenoxy) is 1. The third-order valence-electron chi connectivity index (χ3n) is 4.42. The van der Waals surface area contributed by atoms with Gasteiger partial charge in [0.15, 0.2) is 0 Å². The minimum atomic E-state index is -0.605. The summed E-state index contributed by atoms with van der Waals surface area (Å²) in [7, 11) is 1.54. The normalized spacial score (nSPS) is 16.0. The first kappa shape index (κ1) is 19.4. The van der Waals surface area contributed by atoms with Crippen LogP contribution < -0.4 is 20.7 Å². The van der Waals surface area contributed by atoms with Crippen LogP contribution in [0.1, 0.15) is 44.6 Å². The van der Waals surface area contributed by atoms with Gasteiger partial charge in [-0.2, -0.15) is 0 Å². The van der Waals surface area contributed by atoms with E-state index in [0.29, 0.717) is 16.5 Å². The molecule has 0 aliphatic heterocycles. The van der Waals surface area contributed by atoms with Gasteiger partial charge in [-0.3, -0.25) is 10.1 Å². The molecular formula is C18H26ClN3O3. The van der Waals surface area contributed by atoms with E-state index in [9.17, 15) is 9.59 Å². The van der Waals surface area contributed by atoms with Gasteiger partial charge in [-0.1, -0.05) is 30.9 Å². The summed E-state index contributed by atoms with van der Waals surface area (Å²) in [4.78, 5) is 24.2. The monoisotopic (exact) mass is 367 g/mol. The number of imide groups is 1. The van der Waals surface area contributed by atoms with E-state index in [-0.39, 0.29) is 6.04 Å². The standard InChI is InChI=1S/C18H26ClN3O3/c1-11-9-15(16(25-3)10-14(11)19)20-12(2)17(23)22-18(24)21-13-7-5-4-6-8-13/h9-10,12-13,20H,4-8H2,1-3H3,(H2,21,22,23,24). The van der Waals surface area contributed by atoms with E-state index in [2.05, 4.69) is 16.0 Å². The molecule has 0 aromatic heterocycles. The molecule has 1 atom stereocenters. The number of benzene rings is 1. The second-order valence-corrected chi connectivity index (χ2v) is 6.87. The van der Waals surface area contributed by atoms with Gasteiger partial charge in [0.25, 0.3) is 0 Å². The van der Waals surface area contributed by atoms with Crippen molar-refractivity contribution in [3.63, 3.8) is 0 Å². The Labute approximate surface area is 153 Å². The number of hydrogen-bond acceptors (Lipinski definition) is 4. The maximum atomic E-state index is 12.2. The van der Waals surface area contributed by atoms with Crippen LogP contribution in [0.4, 0.5) is 10.5 Å². The van der Waals surface area contributed by atoms with Gasteiger partial charge in [0.05, 0.1) is 12.8 Å². The molecule has 0 spiro atoms. The minimum Gasteiger partial charge on any atom is -0.495 e. The van der Waals surface area contributed by atoms with Crippen molar-refractivity contribution in [1.29, 1.82) is 0 Å². The molecule has 3 N–H and O–H groups in total. The Morgan fingerprint density at radius 2 is 1.92 bits per heavy atom. The number of carbonyl (C=O) groups is 2. The molecule has 7 heteroatoms. The summed E-state index contributed by atoms with van der Waals surface area (Å²) in [6, 6.07) is 2.62. The van der Waals surface area contributed by atoms with Crippen LogP contribution in [-0.4, -0.2) is 31.1 Å². The van der Waals surface area contributed by atoms with Crippen LogP contribution in [0, 0.1) is 6.92 Å². The first-order valence-corrected chi connectivity index (χ1v) is 9.00. The highest BCUT2D eigenvalue weighted by atomic mass is 35.5. The summed E-state index contributed by atoms with van der Waals surface area (Å²) >= 11 is 6.09. The zero-order chi connectivity index (χ0) is 18.4. The van der Waals surface area contributed by atoms with Crippen LogP contribution in [0.3, 0.4) is 0 Å². The summed E-state index contributed by atoms with van der Waals surface area (Å²) in [5.74, 6) is 0.143. The van der Waals surface area contributed by atoms with Crippen molar-refractivity contribution in [2.45, 2.75) is 58.0 Å². The van der Waals surface area contributed by atoms with Crippen LogP contribution >= 0.6 is 11.6 Å². The van der Waals surface area contributed by atoms with Gasteiger partial charge >= 0.3 is 6.03 Å². The third kappa shape index (κ3) is 5.53. The molecule has 1 unspecified atom stereocenters. The van der Waals surface area contributed by atoms with Gasteiger partial charge in [0.2, 0.25) is 5.91 Å². The molecule has 6 nitrogen and oxygen atoms in total. The lowest BCUT2D eigenvalue weighted by atomic mass is 9.96. The van der Waals surface area contributed by atoms with E-state index in [0.717, 1.165) is 31.2 Å². The second-order valence-electron chi connectivity index (χ2n) is 6.47. The molecule has 2 rings (SSSR count). The Hall–Kier alpha value is -1.95. The van der Waals surface area contributed by atoms with Crippen LogP contribution in [0.2, 0.25) is 5.02 Å². The first-order chi connectivity index (χ1) is 11.9. The number of aryl methyl sites for hydroxylation is 1. The lowest BCUT2D eigenvalue weighted by molar-refractivity contribution is -0.120. The predicted molar refractivity (Wildman–Crippen MR) is 99.4 cm³/mol. The number of carbonyl (C=O) groups excluding carboxylic acids is 2. The van der Waals surface area contributed by atoms with E-state index < -0.39 is 18.0 Å². The van der Waals surface area contributed by atoms with Gasteiger partial charge in [-0.25, -0.2) is 4.79 Å². The number of hydrogen-bond donors (Lipinski definition) is 3. The Morgan fingerprint density at radius 1 is 1.24 bits per heavy atom. The fourth-order valence-corrected chi connectivity index (χ4v) is 3.09. The number of urea groups is 1. The highest BCUT2D eigenvalue weighted by molar-refractivity contribution is 6.31.